The van der Waals surface area contributed by atoms with Gasteiger partial charge >= 0.3 is 0 Å². The number of nitrogens with zero attached hydrogens (tertiary/aromatic N) is 1. The first kappa shape index (κ1) is 18.8. The number of amides is 1. The van der Waals surface area contributed by atoms with Gasteiger partial charge in [-0.1, -0.05) is 24.3 Å². The number of carbonyl (C=O) groups excluding carboxylic acids is 1. The van der Waals surface area contributed by atoms with Gasteiger partial charge in [0.05, 0.1) is 12.5 Å². The zero-order valence-electron chi connectivity index (χ0n) is 15.9. The molecule has 3 aromatic rings. The van der Waals surface area contributed by atoms with Crippen molar-refractivity contribution in [2.24, 2.45) is 0 Å². The zero-order chi connectivity index (χ0) is 19.1. The summed E-state index contributed by atoms with van der Waals surface area (Å²) in [5, 5.41) is 2.99. The minimum Gasteiger partial charge on any atom is -0.491 e. The summed E-state index contributed by atoms with van der Waals surface area (Å²) in [5.74, 6) is 0.921. The summed E-state index contributed by atoms with van der Waals surface area (Å²) >= 11 is 0. The Morgan fingerprint density at radius 3 is 2.22 bits per heavy atom. The van der Waals surface area contributed by atoms with E-state index in [1.807, 2.05) is 91.5 Å². The standard InChI is InChI=1S/C23H26N2O2/c1-18(2)27-22-11-7-19(8-12-22)13-14-24-23(26)17-20-5-9-21(10-6-20)25-15-3-4-16-25/h3-12,15-16,18H,13-14,17H2,1-2H3,(H,24,26). The Labute approximate surface area is 160 Å². The molecule has 0 aliphatic rings. The van der Waals surface area contributed by atoms with Gasteiger partial charge in [0.25, 0.3) is 0 Å². The number of hydrogen-bond donors (Lipinski definition) is 1. The smallest absolute Gasteiger partial charge is 0.224 e. The molecule has 0 unspecified atom stereocenters. The van der Waals surface area contributed by atoms with Crippen molar-refractivity contribution in [2.75, 3.05) is 6.54 Å². The van der Waals surface area contributed by atoms with Crippen LogP contribution in [0.5, 0.6) is 5.75 Å². The third-order valence-electron chi connectivity index (χ3n) is 4.23. The molecule has 0 spiro atoms. The average Bonchev–Trinajstić information content (AvgIpc) is 3.18. The molecule has 140 valence electrons. The molecule has 0 fully saturated rings. The number of nitrogens with one attached hydrogen (secondary N) is 1. The highest BCUT2D eigenvalue weighted by atomic mass is 16.5. The van der Waals surface area contributed by atoms with Crippen molar-refractivity contribution >= 4 is 5.91 Å². The predicted octanol–water partition coefficient (Wildman–Crippen LogP) is 4.17. The summed E-state index contributed by atoms with van der Waals surface area (Å²) in [7, 11) is 0. The fourth-order valence-electron chi connectivity index (χ4n) is 2.89. The third-order valence-corrected chi connectivity index (χ3v) is 4.23. The molecule has 0 bridgehead atoms. The van der Waals surface area contributed by atoms with E-state index in [1.165, 1.54) is 5.56 Å². The van der Waals surface area contributed by atoms with E-state index in [1.54, 1.807) is 0 Å². The number of aromatic nitrogens is 1. The second kappa shape index (κ2) is 9.08. The Hall–Kier alpha value is -3.01. The first-order valence-electron chi connectivity index (χ1n) is 9.35. The minimum absolute atomic E-state index is 0.0449. The minimum atomic E-state index is 0.0449. The van der Waals surface area contributed by atoms with Crippen molar-refractivity contribution in [1.29, 1.82) is 0 Å². The van der Waals surface area contributed by atoms with Crippen LogP contribution in [0.3, 0.4) is 0 Å². The molecule has 1 N–H and O–H groups in total. The average molecular weight is 362 g/mol. The Morgan fingerprint density at radius 2 is 1.59 bits per heavy atom. The molecule has 4 nitrogen and oxygen atoms in total. The lowest BCUT2D eigenvalue weighted by Crippen LogP contribution is -2.27. The summed E-state index contributed by atoms with van der Waals surface area (Å²) in [5.41, 5.74) is 3.29. The number of ether oxygens (including phenoxy) is 1. The van der Waals surface area contributed by atoms with E-state index < -0.39 is 0 Å². The summed E-state index contributed by atoms with van der Waals surface area (Å²) in [6, 6.07) is 20.1. The highest BCUT2D eigenvalue weighted by molar-refractivity contribution is 5.78. The van der Waals surface area contributed by atoms with E-state index in [2.05, 4.69) is 5.32 Å². The van der Waals surface area contributed by atoms with Gasteiger partial charge in [-0.2, -0.15) is 0 Å². The van der Waals surface area contributed by atoms with Crippen LogP contribution in [-0.4, -0.2) is 23.1 Å². The van der Waals surface area contributed by atoms with Crippen LogP contribution in [0.1, 0.15) is 25.0 Å². The van der Waals surface area contributed by atoms with E-state index in [4.69, 9.17) is 4.74 Å². The van der Waals surface area contributed by atoms with Gasteiger partial charge in [-0.3, -0.25) is 4.79 Å². The predicted molar refractivity (Wildman–Crippen MR) is 108 cm³/mol. The molecular formula is C23H26N2O2. The number of rotatable bonds is 8. The van der Waals surface area contributed by atoms with Gasteiger partial charge in [-0.25, -0.2) is 0 Å². The van der Waals surface area contributed by atoms with Gasteiger partial charge in [0.2, 0.25) is 5.91 Å². The molecule has 1 aromatic heterocycles. The van der Waals surface area contributed by atoms with Gasteiger partial charge in [-0.05, 0) is 67.8 Å². The lowest BCUT2D eigenvalue weighted by atomic mass is 10.1. The molecule has 0 atom stereocenters. The molecule has 0 saturated carbocycles. The topological polar surface area (TPSA) is 43.3 Å². The van der Waals surface area contributed by atoms with Crippen LogP contribution in [0.15, 0.2) is 73.1 Å². The van der Waals surface area contributed by atoms with Gasteiger partial charge in [-0.15, -0.1) is 0 Å². The van der Waals surface area contributed by atoms with Gasteiger partial charge in [0.15, 0.2) is 0 Å². The summed E-state index contributed by atoms with van der Waals surface area (Å²) in [4.78, 5) is 12.2. The highest BCUT2D eigenvalue weighted by Crippen LogP contribution is 2.14. The fourth-order valence-corrected chi connectivity index (χ4v) is 2.89. The van der Waals surface area contributed by atoms with Gasteiger partial charge < -0.3 is 14.6 Å². The quantitative estimate of drug-likeness (QED) is 0.654. The number of hydrogen-bond acceptors (Lipinski definition) is 2. The van der Waals surface area contributed by atoms with Crippen LogP contribution in [0, 0.1) is 0 Å². The Morgan fingerprint density at radius 1 is 0.963 bits per heavy atom. The second-order valence-electron chi connectivity index (χ2n) is 6.84. The summed E-state index contributed by atoms with van der Waals surface area (Å²) < 4.78 is 7.68. The van der Waals surface area contributed by atoms with E-state index in [0.29, 0.717) is 13.0 Å². The normalized spacial score (nSPS) is 10.8. The van der Waals surface area contributed by atoms with Crippen molar-refractivity contribution in [3.05, 3.63) is 84.2 Å². The molecule has 1 amide bonds. The summed E-state index contributed by atoms with van der Waals surface area (Å²) in [6.07, 6.45) is 5.38. The van der Waals surface area contributed by atoms with Crippen molar-refractivity contribution < 1.29 is 9.53 Å². The number of benzene rings is 2. The Kier molecular flexibility index (Phi) is 6.31. The molecule has 2 aromatic carbocycles. The Bertz CT molecular complexity index is 835. The van der Waals surface area contributed by atoms with Gasteiger partial charge in [0, 0.05) is 24.6 Å². The van der Waals surface area contributed by atoms with Crippen molar-refractivity contribution in [3.63, 3.8) is 0 Å². The van der Waals surface area contributed by atoms with E-state index in [-0.39, 0.29) is 12.0 Å². The SMILES string of the molecule is CC(C)Oc1ccc(CCNC(=O)Cc2ccc(-n3cccc3)cc2)cc1. The van der Waals surface area contributed by atoms with Crippen LogP contribution in [0.4, 0.5) is 0 Å². The largest absolute Gasteiger partial charge is 0.491 e. The van der Waals surface area contributed by atoms with Crippen molar-refractivity contribution in [2.45, 2.75) is 32.8 Å². The van der Waals surface area contributed by atoms with E-state index in [9.17, 15) is 4.79 Å². The maximum absolute atomic E-state index is 12.2. The molecule has 1 heterocycles. The van der Waals surface area contributed by atoms with Crippen molar-refractivity contribution in [1.82, 2.24) is 9.88 Å². The molecule has 4 heteroatoms. The van der Waals surface area contributed by atoms with Crippen LogP contribution >= 0.6 is 0 Å². The molecule has 0 aliphatic heterocycles. The molecular weight excluding hydrogens is 336 g/mol. The van der Waals surface area contributed by atoms with E-state index in [0.717, 1.165) is 23.4 Å². The molecule has 0 saturated heterocycles. The second-order valence-corrected chi connectivity index (χ2v) is 6.84. The molecule has 3 rings (SSSR count). The fraction of sp³-hybridized carbons (Fsp3) is 0.261. The van der Waals surface area contributed by atoms with Crippen LogP contribution in [0.25, 0.3) is 5.69 Å². The van der Waals surface area contributed by atoms with Crippen molar-refractivity contribution in [3.8, 4) is 11.4 Å². The molecule has 27 heavy (non-hydrogen) atoms. The third kappa shape index (κ3) is 5.74. The van der Waals surface area contributed by atoms with E-state index >= 15 is 0 Å². The molecule has 0 radical (unpaired) electrons. The highest BCUT2D eigenvalue weighted by Gasteiger charge is 2.04. The first-order valence-corrected chi connectivity index (χ1v) is 9.35. The molecule has 0 aliphatic carbocycles. The number of carbonyl (C=O) groups is 1. The first-order chi connectivity index (χ1) is 13.1. The Balaban J connectivity index is 1.43. The summed E-state index contributed by atoms with van der Waals surface area (Å²) in [6.45, 7) is 4.65. The zero-order valence-corrected chi connectivity index (χ0v) is 15.9. The van der Waals surface area contributed by atoms with Gasteiger partial charge in [0.1, 0.15) is 5.75 Å². The lowest BCUT2D eigenvalue weighted by Gasteiger charge is -2.10. The maximum Gasteiger partial charge on any atom is 0.224 e. The van der Waals surface area contributed by atoms with Crippen LogP contribution in [-0.2, 0) is 17.6 Å². The lowest BCUT2D eigenvalue weighted by molar-refractivity contribution is -0.120. The monoisotopic (exact) mass is 362 g/mol. The van der Waals surface area contributed by atoms with Crippen LogP contribution in [0.2, 0.25) is 0 Å². The van der Waals surface area contributed by atoms with Crippen LogP contribution < -0.4 is 10.1 Å². The maximum atomic E-state index is 12.2.